The molecule has 1 amide bonds. The number of nitrogens with one attached hydrogen (secondary N) is 2. The number of carbonyl (C=O) groups is 1. The Bertz CT molecular complexity index is 808. The molecule has 144 valence electrons. The monoisotopic (exact) mass is 397 g/mol. The highest BCUT2D eigenvalue weighted by Gasteiger charge is 2.45. The quantitative estimate of drug-likeness (QED) is 0.710. The van der Waals surface area contributed by atoms with Crippen LogP contribution in [0.4, 0.5) is 19.0 Å². The molecular formula is C19H19ClF3N3O. The minimum absolute atomic E-state index is 0.0341. The summed E-state index contributed by atoms with van der Waals surface area (Å²) in [5.74, 6) is 0.119. The Hall–Kier alpha value is -2.28. The van der Waals surface area contributed by atoms with Gasteiger partial charge in [-0.2, -0.15) is 13.2 Å². The number of hydrogen-bond donors (Lipinski definition) is 2. The van der Waals surface area contributed by atoms with Crippen LogP contribution in [0.1, 0.15) is 30.4 Å². The van der Waals surface area contributed by atoms with Gasteiger partial charge in [-0.15, -0.1) is 0 Å². The standard InChI is InChI=1S/C19H19ClF3N3O/c20-15-11-14(19(21,22)23)12-26-16(15)24-9-10-25-17(27)18(7-4-8-18)13-5-2-1-3-6-13/h1-3,5-6,11-12H,4,7-10H2,(H,24,26)(H,25,27). The molecule has 2 aromatic rings. The first kappa shape index (κ1) is 19.5. The van der Waals surface area contributed by atoms with Gasteiger partial charge < -0.3 is 10.6 Å². The molecular weight excluding hydrogens is 379 g/mol. The van der Waals surface area contributed by atoms with E-state index in [9.17, 15) is 18.0 Å². The highest BCUT2D eigenvalue weighted by Crippen LogP contribution is 2.43. The molecule has 0 unspecified atom stereocenters. The average Bonchev–Trinajstić information content (AvgIpc) is 2.59. The van der Waals surface area contributed by atoms with Crippen molar-refractivity contribution in [3.05, 3.63) is 58.7 Å². The first-order valence-electron chi connectivity index (χ1n) is 8.63. The smallest absolute Gasteiger partial charge is 0.367 e. The summed E-state index contributed by atoms with van der Waals surface area (Å²) in [6, 6.07) is 10.5. The molecule has 1 aromatic carbocycles. The summed E-state index contributed by atoms with van der Waals surface area (Å²) < 4.78 is 37.9. The second-order valence-corrected chi connectivity index (χ2v) is 6.94. The third-order valence-electron chi connectivity index (χ3n) is 4.84. The van der Waals surface area contributed by atoms with Gasteiger partial charge in [-0.25, -0.2) is 4.98 Å². The van der Waals surface area contributed by atoms with Gasteiger partial charge in [0.25, 0.3) is 0 Å². The van der Waals surface area contributed by atoms with Gasteiger partial charge in [-0.1, -0.05) is 48.4 Å². The molecule has 1 aliphatic carbocycles. The molecule has 3 rings (SSSR count). The van der Waals surface area contributed by atoms with Crippen LogP contribution in [0.15, 0.2) is 42.6 Å². The maximum Gasteiger partial charge on any atom is 0.417 e. The SMILES string of the molecule is O=C(NCCNc1ncc(C(F)(F)F)cc1Cl)C1(c2ccccc2)CCC1. The van der Waals surface area contributed by atoms with E-state index in [2.05, 4.69) is 15.6 Å². The summed E-state index contributed by atoms with van der Waals surface area (Å²) >= 11 is 5.85. The Balaban J connectivity index is 1.54. The van der Waals surface area contributed by atoms with Crippen molar-refractivity contribution in [1.82, 2.24) is 10.3 Å². The van der Waals surface area contributed by atoms with E-state index in [1.165, 1.54) is 0 Å². The first-order valence-corrected chi connectivity index (χ1v) is 9.01. The highest BCUT2D eigenvalue weighted by atomic mass is 35.5. The number of rotatable bonds is 6. The maximum atomic E-state index is 12.7. The van der Waals surface area contributed by atoms with Crippen LogP contribution in [-0.4, -0.2) is 24.0 Å². The highest BCUT2D eigenvalue weighted by molar-refractivity contribution is 6.32. The van der Waals surface area contributed by atoms with Crippen molar-refractivity contribution in [3.8, 4) is 0 Å². The zero-order valence-corrected chi connectivity index (χ0v) is 15.2. The van der Waals surface area contributed by atoms with E-state index in [0.29, 0.717) is 13.1 Å². The van der Waals surface area contributed by atoms with E-state index in [4.69, 9.17) is 11.6 Å². The number of alkyl halides is 3. The summed E-state index contributed by atoms with van der Waals surface area (Å²) in [7, 11) is 0. The van der Waals surface area contributed by atoms with Crippen molar-refractivity contribution >= 4 is 23.3 Å². The van der Waals surface area contributed by atoms with Gasteiger partial charge in [0.15, 0.2) is 0 Å². The fourth-order valence-corrected chi connectivity index (χ4v) is 3.42. The number of aromatic nitrogens is 1. The van der Waals surface area contributed by atoms with Gasteiger partial charge in [-0.3, -0.25) is 4.79 Å². The lowest BCUT2D eigenvalue weighted by Crippen LogP contribution is -2.50. The van der Waals surface area contributed by atoms with Crippen LogP contribution >= 0.6 is 11.6 Å². The Morgan fingerprint density at radius 2 is 1.89 bits per heavy atom. The van der Waals surface area contributed by atoms with Crippen molar-refractivity contribution < 1.29 is 18.0 Å². The van der Waals surface area contributed by atoms with Crippen molar-refractivity contribution in [1.29, 1.82) is 0 Å². The topological polar surface area (TPSA) is 54.0 Å². The number of pyridine rings is 1. The van der Waals surface area contributed by atoms with E-state index in [1.54, 1.807) is 0 Å². The normalized spacial score (nSPS) is 15.7. The molecule has 0 aliphatic heterocycles. The lowest BCUT2D eigenvalue weighted by Gasteiger charge is -2.40. The first-order chi connectivity index (χ1) is 12.8. The van der Waals surface area contributed by atoms with E-state index in [0.717, 1.165) is 37.1 Å². The summed E-state index contributed by atoms with van der Waals surface area (Å²) in [6.07, 6.45) is -1.14. The summed E-state index contributed by atoms with van der Waals surface area (Å²) in [6.45, 7) is 0.612. The minimum atomic E-state index is -4.49. The average molecular weight is 398 g/mol. The van der Waals surface area contributed by atoms with Gasteiger partial charge in [0.1, 0.15) is 5.82 Å². The van der Waals surface area contributed by atoms with Crippen molar-refractivity contribution in [2.24, 2.45) is 0 Å². The molecule has 0 saturated heterocycles. The molecule has 1 aliphatic rings. The zero-order chi connectivity index (χ0) is 19.5. The second kappa shape index (κ2) is 7.76. The summed E-state index contributed by atoms with van der Waals surface area (Å²) in [5, 5.41) is 5.63. The number of hydrogen-bond acceptors (Lipinski definition) is 3. The molecule has 1 heterocycles. The predicted molar refractivity (Wildman–Crippen MR) is 97.7 cm³/mol. The molecule has 0 atom stereocenters. The Kier molecular flexibility index (Phi) is 5.60. The third-order valence-corrected chi connectivity index (χ3v) is 5.13. The van der Waals surface area contributed by atoms with Gasteiger partial charge in [0.2, 0.25) is 5.91 Å². The summed E-state index contributed by atoms with van der Waals surface area (Å²) in [5.41, 5.74) is -0.374. The summed E-state index contributed by atoms with van der Waals surface area (Å²) in [4.78, 5) is 16.4. The molecule has 1 aromatic heterocycles. The number of nitrogens with zero attached hydrogens (tertiary/aromatic N) is 1. The van der Waals surface area contributed by atoms with Gasteiger partial charge >= 0.3 is 6.18 Å². The van der Waals surface area contributed by atoms with E-state index in [-0.39, 0.29) is 16.7 Å². The fourth-order valence-electron chi connectivity index (χ4n) is 3.18. The van der Waals surface area contributed by atoms with Crippen molar-refractivity contribution in [2.45, 2.75) is 30.9 Å². The van der Waals surface area contributed by atoms with E-state index in [1.807, 2.05) is 30.3 Å². The molecule has 4 nitrogen and oxygen atoms in total. The molecule has 0 spiro atoms. The van der Waals surface area contributed by atoms with Crippen LogP contribution in [0, 0.1) is 0 Å². The number of carbonyl (C=O) groups excluding carboxylic acids is 1. The van der Waals surface area contributed by atoms with Gasteiger partial charge in [0, 0.05) is 19.3 Å². The zero-order valence-electron chi connectivity index (χ0n) is 14.4. The van der Waals surface area contributed by atoms with E-state index < -0.39 is 17.2 Å². The van der Waals surface area contributed by atoms with Crippen molar-refractivity contribution in [3.63, 3.8) is 0 Å². The molecule has 27 heavy (non-hydrogen) atoms. The molecule has 0 radical (unpaired) electrons. The number of halogens is 4. The molecule has 1 fully saturated rings. The van der Waals surface area contributed by atoms with E-state index >= 15 is 0 Å². The lowest BCUT2D eigenvalue weighted by atomic mass is 9.64. The minimum Gasteiger partial charge on any atom is -0.367 e. The van der Waals surface area contributed by atoms with Crippen LogP contribution in [0.2, 0.25) is 5.02 Å². The Morgan fingerprint density at radius 3 is 2.44 bits per heavy atom. The predicted octanol–water partition coefficient (Wildman–Crippen LogP) is 4.40. The molecule has 0 bridgehead atoms. The van der Waals surface area contributed by atoms with Gasteiger partial charge in [-0.05, 0) is 24.5 Å². The van der Waals surface area contributed by atoms with Crippen LogP contribution in [0.5, 0.6) is 0 Å². The maximum absolute atomic E-state index is 12.7. The third kappa shape index (κ3) is 4.18. The van der Waals surface area contributed by atoms with Crippen LogP contribution in [0.3, 0.4) is 0 Å². The largest absolute Gasteiger partial charge is 0.417 e. The molecule has 1 saturated carbocycles. The Labute approximate surface area is 160 Å². The molecule has 2 N–H and O–H groups in total. The number of amides is 1. The molecule has 8 heteroatoms. The fraction of sp³-hybridized carbons (Fsp3) is 0.368. The van der Waals surface area contributed by atoms with Crippen LogP contribution in [0.25, 0.3) is 0 Å². The Morgan fingerprint density at radius 1 is 1.19 bits per heavy atom. The van der Waals surface area contributed by atoms with Crippen molar-refractivity contribution in [2.75, 3.05) is 18.4 Å². The number of benzene rings is 1. The van der Waals surface area contributed by atoms with Crippen LogP contribution < -0.4 is 10.6 Å². The number of anilines is 1. The second-order valence-electron chi connectivity index (χ2n) is 6.54. The van der Waals surface area contributed by atoms with Gasteiger partial charge in [0.05, 0.1) is 16.0 Å². The lowest BCUT2D eigenvalue weighted by molar-refractivity contribution is -0.137. The van der Waals surface area contributed by atoms with Crippen LogP contribution in [-0.2, 0) is 16.4 Å².